The van der Waals surface area contributed by atoms with Gasteiger partial charge in [-0.05, 0) is 29.8 Å². The lowest BCUT2D eigenvalue weighted by Crippen LogP contribution is -2.29. The third-order valence-corrected chi connectivity index (χ3v) is 4.46. The SMILES string of the molecule is Cn1c(-c2c(F)cccc2F)nc(C(=O)NCc2ccc(C(F)(F)F)c(F)c2)c(O)c1=O. The number of benzene rings is 2. The highest BCUT2D eigenvalue weighted by atomic mass is 19.4. The maximum absolute atomic E-state index is 14.1. The van der Waals surface area contributed by atoms with Crippen LogP contribution in [0.2, 0.25) is 0 Å². The molecule has 0 aliphatic heterocycles. The van der Waals surface area contributed by atoms with Crippen LogP contribution in [0, 0.1) is 17.5 Å². The summed E-state index contributed by atoms with van der Waals surface area (Å²) >= 11 is 0. The van der Waals surface area contributed by atoms with Crippen LogP contribution >= 0.6 is 0 Å². The minimum atomic E-state index is -4.90. The maximum atomic E-state index is 14.1. The predicted molar refractivity (Wildman–Crippen MR) is 99.1 cm³/mol. The lowest BCUT2D eigenvalue weighted by atomic mass is 10.1. The minimum Gasteiger partial charge on any atom is -0.501 e. The number of hydrogen-bond acceptors (Lipinski definition) is 4. The maximum Gasteiger partial charge on any atom is 0.419 e. The van der Waals surface area contributed by atoms with E-state index >= 15 is 0 Å². The Morgan fingerprint density at radius 3 is 2.28 bits per heavy atom. The van der Waals surface area contributed by atoms with Gasteiger partial charge < -0.3 is 10.4 Å². The number of aromatic nitrogens is 2. The van der Waals surface area contributed by atoms with Crippen molar-refractivity contribution in [1.29, 1.82) is 0 Å². The van der Waals surface area contributed by atoms with Crippen molar-refractivity contribution in [1.82, 2.24) is 14.9 Å². The molecule has 3 rings (SSSR count). The van der Waals surface area contributed by atoms with Crippen molar-refractivity contribution in [2.45, 2.75) is 12.7 Å². The van der Waals surface area contributed by atoms with Crippen LogP contribution in [0.25, 0.3) is 11.4 Å². The van der Waals surface area contributed by atoms with Crippen molar-refractivity contribution < 1.29 is 36.2 Å². The molecule has 2 aromatic carbocycles. The molecule has 0 aliphatic carbocycles. The Morgan fingerprint density at radius 2 is 1.72 bits per heavy atom. The van der Waals surface area contributed by atoms with Crippen LogP contribution in [-0.4, -0.2) is 20.6 Å². The monoisotopic (exact) mass is 457 g/mol. The van der Waals surface area contributed by atoms with Crippen LogP contribution in [0.4, 0.5) is 26.3 Å². The molecule has 168 valence electrons. The first-order valence-corrected chi connectivity index (χ1v) is 8.80. The summed E-state index contributed by atoms with van der Waals surface area (Å²) in [5.41, 5.74) is -4.32. The third kappa shape index (κ3) is 4.29. The molecule has 12 heteroatoms. The zero-order valence-corrected chi connectivity index (χ0v) is 16.1. The van der Waals surface area contributed by atoms with E-state index in [9.17, 15) is 41.0 Å². The molecule has 2 N–H and O–H groups in total. The van der Waals surface area contributed by atoms with E-state index in [-0.39, 0.29) is 5.56 Å². The molecule has 0 radical (unpaired) electrons. The highest BCUT2D eigenvalue weighted by Gasteiger charge is 2.34. The van der Waals surface area contributed by atoms with Crippen LogP contribution in [0.1, 0.15) is 21.6 Å². The standard InChI is InChI=1S/C20H13F6N3O3/c1-29-17(14-11(21)3-2-4-12(14)22)28-15(16(30)19(29)32)18(31)27-8-9-5-6-10(13(23)7-9)20(24,25)26/h2-7,30H,8H2,1H3,(H,27,31). The number of nitrogens with one attached hydrogen (secondary N) is 1. The number of carbonyl (C=O) groups excluding carboxylic acids is 1. The van der Waals surface area contributed by atoms with Crippen LogP contribution in [0.3, 0.4) is 0 Å². The van der Waals surface area contributed by atoms with Gasteiger partial charge >= 0.3 is 6.18 Å². The molecular weight excluding hydrogens is 444 g/mol. The van der Waals surface area contributed by atoms with Gasteiger partial charge in [0.1, 0.15) is 23.3 Å². The van der Waals surface area contributed by atoms with Gasteiger partial charge in [0.15, 0.2) is 5.69 Å². The summed E-state index contributed by atoms with van der Waals surface area (Å²) in [5.74, 6) is -6.61. The number of halogens is 6. The molecule has 0 saturated heterocycles. The van der Waals surface area contributed by atoms with Gasteiger partial charge in [-0.2, -0.15) is 13.2 Å². The van der Waals surface area contributed by atoms with Crippen molar-refractivity contribution in [2.24, 2.45) is 7.05 Å². The van der Waals surface area contributed by atoms with Gasteiger partial charge in [0.25, 0.3) is 11.5 Å². The summed E-state index contributed by atoms with van der Waals surface area (Å²) in [6.07, 6.45) is -4.90. The first kappa shape index (κ1) is 22.8. The second-order valence-electron chi connectivity index (χ2n) is 6.59. The van der Waals surface area contributed by atoms with Gasteiger partial charge in [-0.15, -0.1) is 0 Å². The van der Waals surface area contributed by atoms with Crippen molar-refractivity contribution >= 4 is 5.91 Å². The zero-order chi connectivity index (χ0) is 23.8. The van der Waals surface area contributed by atoms with Crippen LogP contribution in [0.5, 0.6) is 5.75 Å². The highest BCUT2D eigenvalue weighted by molar-refractivity contribution is 5.95. The number of nitrogens with zero attached hydrogens (tertiary/aromatic N) is 2. The zero-order valence-electron chi connectivity index (χ0n) is 16.1. The summed E-state index contributed by atoms with van der Waals surface area (Å²) in [4.78, 5) is 28.4. The van der Waals surface area contributed by atoms with Gasteiger partial charge in [0.2, 0.25) is 5.75 Å². The molecule has 1 amide bonds. The second-order valence-corrected chi connectivity index (χ2v) is 6.59. The Kier molecular flexibility index (Phi) is 5.97. The fraction of sp³-hybridized carbons (Fsp3) is 0.150. The van der Waals surface area contributed by atoms with Gasteiger partial charge in [0, 0.05) is 13.6 Å². The fourth-order valence-corrected chi connectivity index (χ4v) is 2.85. The average Bonchev–Trinajstić information content (AvgIpc) is 2.70. The fourth-order valence-electron chi connectivity index (χ4n) is 2.85. The van der Waals surface area contributed by atoms with E-state index in [2.05, 4.69) is 10.3 Å². The van der Waals surface area contributed by atoms with Crippen LogP contribution < -0.4 is 10.9 Å². The number of amides is 1. The quantitative estimate of drug-likeness (QED) is 0.588. The lowest BCUT2D eigenvalue weighted by Gasteiger charge is -2.13. The summed E-state index contributed by atoms with van der Waals surface area (Å²) in [5, 5.41) is 12.1. The Bertz CT molecular complexity index is 1250. The number of alkyl halides is 3. The molecule has 1 aromatic heterocycles. The molecule has 0 aliphatic rings. The molecule has 1 heterocycles. The Balaban J connectivity index is 1.93. The topological polar surface area (TPSA) is 84.2 Å². The van der Waals surface area contributed by atoms with Crippen molar-refractivity contribution in [3.8, 4) is 17.1 Å². The first-order valence-electron chi connectivity index (χ1n) is 8.80. The van der Waals surface area contributed by atoms with Gasteiger partial charge in [-0.25, -0.2) is 18.2 Å². The number of carbonyl (C=O) groups is 1. The molecule has 3 aromatic rings. The second kappa shape index (κ2) is 8.36. The molecule has 0 fully saturated rings. The van der Waals surface area contributed by atoms with Crippen LogP contribution in [0.15, 0.2) is 41.2 Å². The molecular formula is C20H13F6N3O3. The van der Waals surface area contributed by atoms with E-state index in [1.54, 1.807) is 0 Å². The van der Waals surface area contributed by atoms with E-state index < -0.39 is 70.0 Å². The molecule has 32 heavy (non-hydrogen) atoms. The van der Waals surface area contributed by atoms with E-state index in [0.29, 0.717) is 16.7 Å². The molecule has 0 saturated carbocycles. The molecule has 0 atom stereocenters. The number of aromatic hydroxyl groups is 1. The summed E-state index contributed by atoms with van der Waals surface area (Å²) in [6, 6.07) is 4.84. The van der Waals surface area contributed by atoms with Crippen molar-refractivity contribution in [2.75, 3.05) is 0 Å². The van der Waals surface area contributed by atoms with Crippen molar-refractivity contribution in [3.05, 3.63) is 81.0 Å². The van der Waals surface area contributed by atoms with Gasteiger partial charge in [-0.1, -0.05) is 12.1 Å². The summed E-state index contributed by atoms with van der Waals surface area (Å²) in [6.45, 7) is -0.492. The molecule has 0 bridgehead atoms. The molecule has 6 nitrogen and oxygen atoms in total. The smallest absolute Gasteiger partial charge is 0.419 e. The largest absolute Gasteiger partial charge is 0.501 e. The number of hydrogen-bond donors (Lipinski definition) is 2. The lowest BCUT2D eigenvalue weighted by molar-refractivity contribution is -0.140. The predicted octanol–water partition coefficient (Wildman–Crippen LogP) is 3.52. The van der Waals surface area contributed by atoms with Gasteiger partial charge in [0.05, 0.1) is 11.1 Å². The normalized spacial score (nSPS) is 11.5. The Morgan fingerprint density at radius 1 is 1.09 bits per heavy atom. The average molecular weight is 457 g/mol. The third-order valence-electron chi connectivity index (χ3n) is 4.46. The minimum absolute atomic E-state index is 0.0625. The van der Waals surface area contributed by atoms with Crippen LogP contribution in [-0.2, 0) is 19.8 Å². The Labute approximate surface area is 175 Å². The van der Waals surface area contributed by atoms with E-state index in [1.807, 2.05) is 0 Å². The number of rotatable bonds is 4. The summed E-state index contributed by atoms with van der Waals surface area (Å²) < 4.78 is 80.5. The van der Waals surface area contributed by atoms with E-state index in [4.69, 9.17) is 0 Å². The van der Waals surface area contributed by atoms with E-state index in [0.717, 1.165) is 31.3 Å². The molecule has 0 unspecified atom stereocenters. The van der Waals surface area contributed by atoms with Gasteiger partial charge in [-0.3, -0.25) is 14.2 Å². The van der Waals surface area contributed by atoms with Crippen molar-refractivity contribution in [3.63, 3.8) is 0 Å². The van der Waals surface area contributed by atoms with E-state index in [1.165, 1.54) is 0 Å². The molecule has 0 spiro atoms. The summed E-state index contributed by atoms with van der Waals surface area (Å²) in [7, 11) is 1.07. The highest BCUT2D eigenvalue weighted by Crippen LogP contribution is 2.31. The first-order chi connectivity index (χ1) is 14.9. The Hall–Kier alpha value is -3.83.